The zero-order valence-corrected chi connectivity index (χ0v) is 16.5. The van der Waals surface area contributed by atoms with E-state index in [4.69, 9.17) is 4.74 Å². The summed E-state index contributed by atoms with van der Waals surface area (Å²) in [6.45, 7) is 4.29. The molecule has 0 spiro atoms. The molecule has 8 heteroatoms. The second-order valence-electron chi connectivity index (χ2n) is 6.55. The van der Waals surface area contributed by atoms with Crippen LogP contribution in [0.15, 0.2) is 48.5 Å². The zero-order chi connectivity index (χ0) is 21.2. The molecule has 1 unspecified atom stereocenters. The summed E-state index contributed by atoms with van der Waals surface area (Å²) in [5, 5.41) is 15.6. The molecule has 0 aliphatic rings. The van der Waals surface area contributed by atoms with Crippen LogP contribution in [0.25, 0.3) is 0 Å². The molecule has 2 amide bonds. The number of benzene rings is 2. The predicted octanol–water partition coefficient (Wildman–Crippen LogP) is 2.48. The van der Waals surface area contributed by atoms with Crippen molar-refractivity contribution in [3.63, 3.8) is 0 Å². The minimum Gasteiger partial charge on any atom is -0.491 e. The van der Waals surface area contributed by atoms with Gasteiger partial charge in [-0.2, -0.15) is 0 Å². The Balaban J connectivity index is 1.77. The number of likely N-dealkylation sites (N-methyl/N-ethyl adjacent to an activating group) is 1. The first-order valence-electron chi connectivity index (χ1n) is 9.32. The van der Waals surface area contributed by atoms with Gasteiger partial charge in [-0.15, -0.1) is 0 Å². The summed E-state index contributed by atoms with van der Waals surface area (Å²) in [5.74, 6) is -0.270. The lowest BCUT2D eigenvalue weighted by Gasteiger charge is -2.23. The molecule has 0 heterocycles. The van der Waals surface area contributed by atoms with E-state index < -0.39 is 6.10 Å². The number of ether oxygens (including phenoxy) is 1. The van der Waals surface area contributed by atoms with Gasteiger partial charge in [0.25, 0.3) is 0 Å². The lowest BCUT2D eigenvalue weighted by atomic mass is 10.2. The smallest absolute Gasteiger partial charge is 0.238 e. The van der Waals surface area contributed by atoms with Gasteiger partial charge in [-0.3, -0.25) is 14.5 Å². The highest BCUT2D eigenvalue weighted by atomic mass is 19.1. The van der Waals surface area contributed by atoms with Crippen molar-refractivity contribution in [1.82, 2.24) is 4.90 Å². The molecule has 0 saturated heterocycles. The number of aliphatic hydroxyl groups is 1. The minimum atomic E-state index is -0.801. The van der Waals surface area contributed by atoms with Gasteiger partial charge in [-0.25, -0.2) is 4.39 Å². The zero-order valence-electron chi connectivity index (χ0n) is 16.5. The lowest BCUT2D eigenvalue weighted by Crippen LogP contribution is -2.40. The molecule has 0 aromatic heterocycles. The number of aliphatic hydroxyl groups excluding tert-OH is 1. The Bertz CT molecular complexity index is 797. The summed E-state index contributed by atoms with van der Waals surface area (Å²) >= 11 is 0. The summed E-state index contributed by atoms with van der Waals surface area (Å²) in [6.07, 6.45) is -0.801. The molecule has 1 atom stereocenters. The van der Waals surface area contributed by atoms with Gasteiger partial charge in [0.05, 0.1) is 6.54 Å². The fourth-order valence-electron chi connectivity index (χ4n) is 2.62. The van der Waals surface area contributed by atoms with Crippen molar-refractivity contribution in [2.24, 2.45) is 0 Å². The average Bonchev–Trinajstić information content (AvgIpc) is 2.68. The molecule has 2 rings (SSSR count). The van der Waals surface area contributed by atoms with Crippen molar-refractivity contribution < 1.29 is 23.8 Å². The third-order valence-corrected chi connectivity index (χ3v) is 4.03. The normalized spacial score (nSPS) is 11.8. The number of amides is 2. The van der Waals surface area contributed by atoms with Gasteiger partial charge in [0.15, 0.2) is 0 Å². The summed E-state index contributed by atoms with van der Waals surface area (Å²) in [7, 11) is 0. The second kappa shape index (κ2) is 11.1. The molecule has 2 aromatic rings. The van der Waals surface area contributed by atoms with E-state index in [2.05, 4.69) is 10.6 Å². The Morgan fingerprint density at radius 2 is 1.66 bits per heavy atom. The van der Waals surface area contributed by atoms with Crippen LogP contribution in [0.2, 0.25) is 0 Å². The van der Waals surface area contributed by atoms with Crippen LogP contribution < -0.4 is 15.4 Å². The molecular formula is C21H26FN3O4. The first kappa shape index (κ1) is 22.3. The summed E-state index contributed by atoms with van der Waals surface area (Å²) < 4.78 is 18.3. The first-order chi connectivity index (χ1) is 13.9. The van der Waals surface area contributed by atoms with Crippen LogP contribution in [0.3, 0.4) is 0 Å². The molecule has 0 aliphatic heterocycles. The SMILES string of the molecule is CCN(CC(=O)Nc1ccc(NC(C)=O)cc1)CC(O)COc1ccc(F)cc1. The van der Waals surface area contributed by atoms with E-state index in [-0.39, 0.29) is 37.3 Å². The minimum absolute atomic E-state index is 0.0361. The van der Waals surface area contributed by atoms with E-state index in [1.165, 1.54) is 31.2 Å². The molecule has 0 saturated carbocycles. The summed E-state index contributed by atoms with van der Waals surface area (Å²) in [4.78, 5) is 25.1. The predicted molar refractivity (Wildman–Crippen MR) is 109 cm³/mol. The van der Waals surface area contributed by atoms with Crippen molar-refractivity contribution >= 4 is 23.2 Å². The Morgan fingerprint density at radius 3 is 2.21 bits per heavy atom. The number of anilines is 2. The van der Waals surface area contributed by atoms with Crippen molar-refractivity contribution in [2.45, 2.75) is 20.0 Å². The Labute approximate surface area is 169 Å². The number of nitrogens with zero attached hydrogens (tertiary/aromatic N) is 1. The number of hydrogen-bond acceptors (Lipinski definition) is 5. The fourth-order valence-corrected chi connectivity index (χ4v) is 2.62. The molecule has 0 fully saturated rings. The van der Waals surface area contributed by atoms with Crippen molar-refractivity contribution in [2.75, 3.05) is 36.9 Å². The van der Waals surface area contributed by atoms with E-state index in [9.17, 15) is 19.1 Å². The number of carbonyl (C=O) groups is 2. The molecule has 29 heavy (non-hydrogen) atoms. The quantitative estimate of drug-likeness (QED) is 0.567. The molecule has 7 nitrogen and oxygen atoms in total. The van der Waals surface area contributed by atoms with Gasteiger partial charge in [0.2, 0.25) is 11.8 Å². The van der Waals surface area contributed by atoms with Crippen molar-refractivity contribution in [3.05, 3.63) is 54.3 Å². The number of halogens is 1. The maximum atomic E-state index is 12.9. The maximum absolute atomic E-state index is 12.9. The molecule has 156 valence electrons. The van der Waals surface area contributed by atoms with Crippen LogP contribution >= 0.6 is 0 Å². The van der Waals surface area contributed by atoms with Gasteiger partial charge < -0.3 is 20.5 Å². The Hall–Kier alpha value is -2.97. The van der Waals surface area contributed by atoms with E-state index in [1.807, 2.05) is 6.92 Å². The monoisotopic (exact) mass is 403 g/mol. The molecular weight excluding hydrogens is 377 g/mol. The van der Waals surface area contributed by atoms with Crippen LogP contribution in [0.4, 0.5) is 15.8 Å². The van der Waals surface area contributed by atoms with Crippen LogP contribution in [-0.2, 0) is 9.59 Å². The van der Waals surface area contributed by atoms with E-state index >= 15 is 0 Å². The third kappa shape index (κ3) is 8.28. The maximum Gasteiger partial charge on any atom is 0.238 e. The Kier molecular flexibility index (Phi) is 8.57. The van der Waals surface area contributed by atoms with E-state index in [0.29, 0.717) is 23.7 Å². The molecule has 0 radical (unpaired) electrons. The first-order valence-corrected chi connectivity index (χ1v) is 9.32. The largest absolute Gasteiger partial charge is 0.491 e. The summed E-state index contributed by atoms with van der Waals surface area (Å²) in [5.41, 5.74) is 1.26. The highest BCUT2D eigenvalue weighted by Crippen LogP contribution is 2.14. The van der Waals surface area contributed by atoms with Crippen LogP contribution in [-0.4, -0.2) is 54.2 Å². The van der Waals surface area contributed by atoms with Gasteiger partial charge >= 0.3 is 0 Å². The molecule has 0 aliphatic carbocycles. The number of nitrogens with one attached hydrogen (secondary N) is 2. The van der Waals surface area contributed by atoms with Crippen LogP contribution in [0.5, 0.6) is 5.75 Å². The second-order valence-corrected chi connectivity index (χ2v) is 6.55. The van der Waals surface area contributed by atoms with Gasteiger partial charge in [-0.05, 0) is 55.1 Å². The standard InChI is InChI=1S/C21H26FN3O4/c1-3-25(12-19(27)14-29-20-10-4-16(22)5-11-20)13-21(28)24-18-8-6-17(7-9-18)23-15(2)26/h4-11,19,27H,3,12-14H2,1-2H3,(H,23,26)(H,24,28). The summed E-state index contributed by atoms with van der Waals surface area (Å²) in [6, 6.07) is 12.3. The number of hydrogen-bond donors (Lipinski definition) is 3. The van der Waals surface area contributed by atoms with Gasteiger partial charge in [0.1, 0.15) is 24.3 Å². The average molecular weight is 403 g/mol. The highest BCUT2D eigenvalue weighted by Gasteiger charge is 2.15. The Morgan fingerprint density at radius 1 is 1.07 bits per heavy atom. The molecule has 0 bridgehead atoms. The topological polar surface area (TPSA) is 90.9 Å². The van der Waals surface area contributed by atoms with Gasteiger partial charge in [0, 0.05) is 24.8 Å². The van der Waals surface area contributed by atoms with Crippen LogP contribution in [0.1, 0.15) is 13.8 Å². The molecule has 2 aromatic carbocycles. The van der Waals surface area contributed by atoms with Crippen molar-refractivity contribution in [3.8, 4) is 5.75 Å². The third-order valence-electron chi connectivity index (χ3n) is 4.03. The number of rotatable bonds is 10. The van der Waals surface area contributed by atoms with E-state index in [0.717, 1.165) is 0 Å². The highest BCUT2D eigenvalue weighted by molar-refractivity contribution is 5.93. The lowest BCUT2D eigenvalue weighted by molar-refractivity contribution is -0.117. The number of carbonyl (C=O) groups excluding carboxylic acids is 2. The van der Waals surface area contributed by atoms with Gasteiger partial charge in [-0.1, -0.05) is 6.92 Å². The molecule has 3 N–H and O–H groups in total. The van der Waals surface area contributed by atoms with Crippen molar-refractivity contribution in [1.29, 1.82) is 0 Å². The fraction of sp³-hybridized carbons (Fsp3) is 0.333. The van der Waals surface area contributed by atoms with Crippen LogP contribution in [0, 0.1) is 5.82 Å². The van der Waals surface area contributed by atoms with E-state index in [1.54, 1.807) is 29.2 Å².